The number of benzene rings is 1. The summed E-state index contributed by atoms with van der Waals surface area (Å²) in [4.78, 5) is 2.30. The summed E-state index contributed by atoms with van der Waals surface area (Å²) < 4.78 is 23.0. The summed E-state index contributed by atoms with van der Waals surface area (Å²) in [5.41, 5.74) is 2.75. The summed E-state index contributed by atoms with van der Waals surface area (Å²) >= 11 is 0. The average molecular weight is 281 g/mol. The van der Waals surface area contributed by atoms with E-state index in [1.807, 2.05) is 6.92 Å². The second kappa shape index (κ2) is 6.06. The van der Waals surface area contributed by atoms with Crippen molar-refractivity contribution in [2.45, 2.75) is 32.7 Å². The van der Waals surface area contributed by atoms with Gasteiger partial charge < -0.3 is 0 Å². The zero-order valence-electron chi connectivity index (χ0n) is 11.8. The van der Waals surface area contributed by atoms with Gasteiger partial charge in [0.15, 0.2) is 9.84 Å². The number of sulfone groups is 1. The molecule has 0 amide bonds. The molecule has 1 aromatic carbocycles. The van der Waals surface area contributed by atoms with Crippen molar-refractivity contribution in [3.8, 4) is 0 Å². The number of aryl methyl sites for hydroxylation is 2. The van der Waals surface area contributed by atoms with E-state index in [4.69, 9.17) is 0 Å². The highest BCUT2D eigenvalue weighted by atomic mass is 32.2. The Hall–Kier alpha value is -0.870. The number of rotatable bonds is 4. The maximum Gasteiger partial charge on any atom is 0.153 e. The minimum atomic E-state index is -2.79. The first kappa shape index (κ1) is 14.5. The molecule has 1 aromatic rings. The van der Waals surface area contributed by atoms with Gasteiger partial charge in [-0.15, -0.1) is 0 Å². The van der Waals surface area contributed by atoms with Crippen molar-refractivity contribution in [3.05, 3.63) is 35.4 Å². The summed E-state index contributed by atoms with van der Waals surface area (Å²) in [5.74, 6) is 0.638. The average Bonchev–Trinajstić information content (AvgIpc) is 2.33. The van der Waals surface area contributed by atoms with E-state index in [0.717, 1.165) is 19.4 Å². The Kier molecular flexibility index (Phi) is 4.63. The molecule has 0 radical (unpaired) electrons. The third-order valence-corrected chi connectivity index (χ3v) is 5.76. The van der Waals surface area contributed by atoms with E-state index in [1.54, 1.807) is 0 Å². The topological polar surface area (TPSA) is 37.4 Å². The molecule has 1 heterocycles. The van der Waals surface area contributed by atoms with E-state index in [1.165, 1.54) is 11.1 Å². The Bertz CT molecular complexity index is 525. The van der Waals surface area contributed by atoms with Crippen molar-refractivity contribution in [3.63, 3.8) is 0 Å². The molecule has 0 spiro atoms. The molecule has 0 saturated carbocycles. The van der Waals surface area contributed by atoms with E-state index in [0.29, 0.717) is 18.1 Å². The first-order valence-electron chi connectivity index (χ1n) is 6.97. The standard InChI is InChI=1S/C15H23NO2S/c1-13-6-3-4-7-15(13)8-5-9-16-10-11-19(17,18)12-14(16)2/h3-4,6-7,14H,5,8-12H2,1-2H3/t14-/m0/s1. The molecule has 0 aromatic heterocycles. The number of hydrogen-bond acceptors (Lipinski definition) is 3. The van der Waals surface area contributed by atoms with Crippen molar-refractivity contribution >= 4 is 9.84 Å². The van der Waals surface area contributed by atoms with Gasteiger partial charge in [0.25, 0.3) is 0 Å². The first-order valence-corrected chi connectivity index (χ1v) is 8.79. The fourth-order valence-corrected chi connectivity index (χ4v) is 4.35. The Balaban J connectivity index is 1.82. The van der Waals surface area contributed by atoms with Crippen LogP contribution in [0.2, 0.25) is 0 Å². The maximum absolute atomic E-state index is 11.5. The van der Waals surface area contributed by atoms with E-state index < -0.39 is 9.84 Å². The predicted molar refractivity (Wildman–Crippen MR) is 79.2 cm³/mol. The van der Waals surface area contributed by atoms with Gasteiger partial charge in [0.1, 0.15) is 0 Å². The zero-order chi connectivity index (χ0) is 13.9. The van der Waals surface area contributed by atoms with Crippen LogP contribution in [0, 0.1) is 6.92 Å². The molecule has 19 heavy (non-hydrogen) atoms. The van der Waals surface area contributed by atoms with Crippen molar-refractivity contribution < 1.29 is 8.42 Å². The molecule has 106 valence electrons. The highest BCUT2D eigenvalue weighted by Crippen LogP contribution is 2.14. The fraction of sp³-hybridized carbons (Fsp3) is 0.600. The van der Waals surface area contributed by atoms with E-state index in [9.17, 15) is 8.42 Å². The van der Waals surface area contributed by atoms with Gasteiger partial charge >= 0.3 is 0 Å². The van der Waals surface area contributed by atoms with Crippen molar-refractivity contribution in [1.29, 1.82) is 0 Å². The third kappa shape index (κ3) is 4.05. The van der Waals surface area contributed by atoms with E-state index >= 15 is 0 Å². The quantitative estimate of drug-likeness (QED) is 0.847. The molecule has 1 atom stereocenters. The fourth-order valence-electron chi connectivity index (χ4n) is 2.73. The van der Waals surface area contributed by atoms with Gasteiger partial charge in [-0.25, -0.2) is 8.42 Å². The maximum atomic E-state index is 11.5. The van der Waals surface area contributed by atoms with Crippen LogP contribution in [0.15, 0.2) is 24.3 Å². The van der Waals surface area contributed by atoms with Crippen LogP contribution in [0.1, 0.15) is 24.5 Å². The first-order chi connectivity index (χ1) is 8.98. The van der Waals surface area contributed by atoms with Crippen LogP contribution in [0.5, 0.6) is 0 Å². The monoisotopic (exact) mass is 281 g/mol. The molecule has 0 unspecified atom stereocenters. The molecule has 4 heteroatoms. The zero-order valence-corrected chi connectivity index (χ0v) is 12.6. The van der Waals surface area contributed by atoms with Gasteiger partial charge in [0.05, 0.1) is 11.5 Å². The van der Waals surface area contributed by atoms with Crippen LogP contribution >= 0.6 is 0 Å². The summed E-state index contributed by atoms with van der Waals surface area (Å²) in [5, 5.41) is 0. The predicted octanol–water partition coefficient (Wildman–Crippen LogP) is 2.05. The van der Waals surface area contributed by atoms with Gasteiger partial charge in [-0.05, 0) is 44.4 Å². The van der Waals surface area contributed by atoms with Gasteiger partial charge in [0, 0.05) is 12.6 Å². The smallest absolute Gasteiger partial charge is 0.153 e. The van der Waals surface area contributed by atoms with Crippen LogP contribution in [0.4, 0.5) is 0 Å². The minimum Gasteiger partial charge on any atom is -0.299 e. The van der Waals surface area contributed by atoms with Crippen LogP contribution < -0.4 is 0 Å². The Morgan fingerprint density at radius 2 is 2.05 bits per heavy atom. The number of nitrogens with zero attached hydrogens (tertiary/aromatic N) is 1. The third-order valence-electron chi connectivity index (χ3n) is 3.96. The van der Waals surface area contributed by atoms with Crippen LogP contribution in [0.3, 0.4) is 0 Å². The molecule has 1 aliphatic rings. The molecular weight excluding hydrogens is 258 g/mol. The summed E-state index contributed by atoms with van der Waals surface area (Å²) in [6.07, 6.45) is 2.16. The number of hydrogen-bond donors (Lipinski definition) is 0. The lowest BCUT2D eigenvalue weighted by atomic mass is 10.0. The molecule has 1 fully saturated rings. The van der Waals surface area contributed by atoms with Gasteiger partial charge in [0.2, 0.25) is 0 Å². The lowest BCUT2D eigenvalue weighted by molar-refractivity contribution is 0.224. The molecule has 1 aliphatic heterocycles. The van der Waals surface area contributed by atoms with Gasteiger partial charge in [-0.2, -0.15) is 0 Å². The van der Waals surface area contributed by atoms with Crippen LogP contribution in [-0.4, -0.2) is 44.0 Å². The Labute approximate surface area is 116 Å². The van der Waals surface area contributed by atoms with Crippen LogP contribution in [-0.2, 0) is 16.3 Å². The molecule has 1 saturated heterocycles. The van der Waals surface area contributed by atoms with Gasteiger partial charge in [-0.1, -0.05) is 24.3 Å². The highest BCUT2D eigenvalue weighted by molar-refractivity contribution is 7.91. The van der Waals surface area contributed by atoms with E-state index in [2.05, 4.69) is 36.1 Å². The highest BCUT2D eigenvalue weighted by Gasteiger charge is 2.27. The summed E-state index contributed by atoms with van der Waals surface area (Å²) in [6.45, 7) is 5.85. The molecular formula is C15H23NO2S. The molecule has 3 nitrogen and oxygen atoms in total. The second-order valence-electron chi connectivity index (χ2n) is 5.53. The normalized spacial score (nSPS) is 23.4. The Morgan fingerprint density at radius 3 is 2.74 bits per heavy atom. The summed E-state index contributed by atoms with van der Waals surface area (Å²) in [6, 6.07) is 8.63. The minimum absolute atomic E-state index is 0.163. The van der Waals surface area contributed by atoms with Gasteiger partial charge in [-0.3, -0.25) is 4.90 Å². The molecule has 0 N–H and O–H groups in total. The lowest BCUT2D eigenvalue weighted by Crippen LogP contribution is -2.47. The van der Waals surface area contributed by atoms with Crippen molar-refractivity contribution in [2.24, 2.45) is 0 Å². The SMILES string of the molecule is Cc1ccccc1CCCN1CCS(=O)(=O)C[C@@H]1C. The van der Waals surface area contributed by atoms with Crippen LogP contribution in [0.25, 0.3) is 0 Å². The molecule has 0 bridgehead atoms. The molecule has 2 rings (SSSR count). The largest absolute Gasteiger partial charge is 0.299 e. The summed E-state index contributed by atoms with van der Waals surface area (Å²) in [7, 11) is -2.79. The lowest BCUT2D eigenvalue weighted by Gasteiger charge is -2.33. The Morgan fingerprint density at radius 1 is 1.32 bits per heavy atom. The second-order valence-corrected chi connectivity index (χ2v) is 7.76. The van der Waals surface area contributed by atoms with E-state index in [-0.39, 0.29) is 6.04 Å². The van der Waals surface area contributed by atoms with Crippen molar-refractivity contribution in [1.82, 2.24) is 4.90 Å². The van der Waals surface area contributed by atoms with Crippen molar-refractivity contribution in [2.75, 3.05) is 24.6 Å². The molecule has 0 aliphatic carbocycles.